The maximum absolute atomic E-state index is 11.4. The standard InChI is InChI=1S/C11H13BrN2O/c1-7-3-4-8(12)5-9(7)10-6-13-11(15)14(10)2/h3-5,10H,6H2,1-2H3,(H,13,15). The first-order valence-corrected chi connectivity index (χ1v) is 5.65. The molecule has 0 aliphatic carbocycles. The summed E-state index contributed by atoms with van der Waals surface area (Å²) in [5.74, 6) is 0. The molecular formula is C11H13BrN2O. The van der Waals surface area contributed by atoms with Gasteiger partial charge >= 0.3 is 6.03 Å². The van der Waals surface area contributed by atoms with E-state index in [1.165, 1.54) is 11.1 Å². The fourth-order valence-corrected chi connectivity index (χ4v) is 2.25. The minimum Gasteiger partial charge on any atom is -0.336 e. The van der Waals surface area contributed by atoms with Crippen molar-refractivity contribution in [2.24, 2.45) is 0 Å². The van der Waals surface area contributed by atoms with Crippen LogP contribution in [-0.2, 0) is 0 Å². The third-order valence-corrected chi connectivity index (χ3v) is 3.33. The van der Waals surface area contributed by atoms with Crippen LogP contribution >= 0.6 is 15.9 Å². The molecule has 3 nitrogen and oxygen atoms in total. The first kappa shape index (κ1) is 10.5. The molecule has 2 rings (SSSR count). The summed E-state index contributed by atoms with van der Waals surface area (Å²) in [7, 11) is 1.83. The van der Waals surface area contributed by atoms with Crippen LogP contribution in [0.4, 0.5) is 4.79 Å². The molecule has 1 aromatic rings. The summed E-state index contributed by atoms with van der Waals surface area (Å²) in [4.78, 5) is 13.1. The highest BCUT2D eigenvalue weighted by Gasteiger charge is 2.29. The lowest BCUT2D eigenvalue weighted by Crippen LogP contribution is -2.25. The molecule has 4 heteroatoms. The second kappa shape index (κ2) is 3.85. The van der Waals surface area contributed by atoms with Gasteiger partial charge in [0, 0.05) is 18.1 Å². The lowest BCUT2D eigenvalue weighted by atomic mass is 10.0. The zero-order chi connectivity index (χ0) is 11.0. The molecule has 0 bridgehead atoms. The van der Waals surface area contributed by atoms with E-state index in [0.717, 1.165) is 4.47 Å². The average molecular weight is 269 g/mol. The molecule has 15 heavy (non-hydrogen) atoms. The van der Waals surface area contributed by atoms with Gasteiger partial charge in [-0.05, 0) is 30.2 Å². The van der Waals surface area contributed by atoms with E-state index in [4.69, 9.17) is 0 Å². The Balaban J connectivity index is 2.37. The summed E-state index contributed by atoms with van der Waals surface area (Å²) in [6.07, 6.45) is 0. The molecule has 1 fully saturated rings. The normalized spacial score (nSPS) is 20.6. The van der Waals surface area contributed by atoms with Crippen LogP contribution in [-0.4, -0.2) is 24.5 Å². The smallest absolute Gasteiger partial charge is 0.317 e. The van der Waals surface area contributed by atoms with Gasteiger partial charge in [0.05, 0.1) is 6.04 Å². The van der Waals surface area contributed by atoms with Crippen molar-refractivity contribution >= 4 is 22.0 Å². The summed E-state index contributed by atoms with van der Waals surface area (Å²) < 4.78 is 1.05. The number of carbonyl (C=O) groups is 1. The number of nitrogens with one attached hydrogen (secondary N) is 1. The van der Waals surface area contributed by atoms with Gasteiger partial charge in [-0.15, -0.1) is 0 Å². The van der Waals surface area contributed by atoms with Crippen molar-refractivity contribution in [3.8, 4) is 0 Å². The second-order valence-corrected chi connectivity index (χ2v) is 4.73. The van der Waals surface area contributed by atoms with E-state index in [9.17, 15) is 4.79 Å². The Labute approximate surface area is 97.6 Å². The van der Waals surface area contributed by atoms with E-state index in [1.54, 1.807) is 4.90 Å². The number of carbonyl (C=O) groups excluding carboxylic acids is 1. The number of hydrogen-bond acceptors (Lipinski definition) is 1. The lowest BCUT2D eigenvalue weighted by molar-refractivity contribution is 0.216. The molecule has 1 atom stereocenters. The van der Waals surface area contributed by atoms with E-state index < -0.39 is 0 Å². The number of nitrogens with zero attached hydrogens (tertiary/aromatic N) is 1. The van der Waals surface area contributed by atoms with Crippen molar-refractivity contribution in [1.82, 2.24) is 10.2 Å². The summed E-state index contributed by atoms with van der Waals surface area (Å²) in [6.45, 7) is 2.75. The molecule has 0 radical (unpaired) electrons. The summed E-state index contributed by atoms with van der Waals surface area (Å²) in [6, 6.07) is 6.31. The van der Waals surface area contributed by atoms with Gasteiger partial charge in [0.2, 0.25) is 0 Å². The number of halogens is 1. The number of benzene rings is 1. The summed E-state index contributed by atoms with van der Waals surface area (Å²) >= 11 is 3.45. The van der Waals surface area contributed by atoms with Crippen LogP contribution < -0.4 is 5.32 Å². The van der Waals surface area contributed by atoms with Crippen molar-refractivity contribution in [2.75, 3.05) is 13.6 Å². The monoisotopic (exact) mass is 268 g/mol. The first-order chi connectivity index (χ1) is 7.09. The Morgan fingerprint density at radius 1 is 1.53 bits per heavy atom. The van der Waals surface area contributed by atoms with Gasteiger partial charge < -0.3 is 10.2 Å². The van der Waals surface area contributed by atoms with Crippen molar-refractivity contribution in [3.63, 3.8) is 0 Å². The number of likely N-dealkylation sites (N-methyl/N-ethyl adjacent to an activating group) is 1. The summed E-state index contributed by atoms with van der Waals surface area (Å²) in [5, 5.41) is 2.84. The lowest BCUT2D eigenvalue weighted by Gasteiger charge is -2.20. The van der Waals surface area contributed by atoms with Gasteiger partial charge in [0.1, 0.15) is 0 Å². The highest BCUT2D eigenvalue weighted by Crippen LogP contribution is 2.28. The number of urea groups is 1. The Kier molecular flexibility index (Phi) is 2.69. The Morgan fingerprint density at radius 2 is 2.27 bits per heavy atom. The van der Waals surface area contributed by atoms with Crippen LogP contribution in [0.2, 0.25) is 0 Å². The van der Waals surface area contributed by atoms with Gasteiger partial charge in [-0.3, -0.25) is 0 Å². The highest BCUT2D eigenvalue weighted by molar-refractivity contribution is 9.10. The van der Waals surface area contributed by atoms with Crippen LogP contribution in [0.25, 0.3) is 0 Å². The Bertz CT molecular complexity index is 406. The predicted octanol–water partition coefficient (Wildman–Crippen LogP) is 2.45. The van der Waals surface area contributed by atoms with Crippen molar-refractivity contribution in [3.05, 3.63) is 33.8 Å². The molecule has 1 aromatic carbocycles. The third-order valence-electron chi connectivity index (χ3n) is 2.83. The zero-order valence-electron chi connectivity index (χ0n) is 8.75. The van der Waals surface area contributed by atoms with E-state index in [1.807, 2.05) is 13.1 Å². The molecule has 1 heterocycles. The minimum atomic E-state index is -0.000578. The molecule has 2 amide bonds. The van der Waals surface area contributed by atoms with Crippen LogP contribution in [0.15, 0.2) is 22.7 Å². The van der Waals surface area contributed by atoms with Crippen molar-refractivity contribution in [2.45, 2.75) is 13.0 Å². The van der Waals surface area contributed by atoms with Crippen LogP contribution in [0.5, 0.6) is 0 Å². The van der Waals surface area contributed by atoms with Crippen LogP contribution in [0, 0.1) is 6.92 Å². The van der Waals surface area contributed by atoms with Crippen LogP contribution in [0.3, 0.4) is 0 Å². The fourth-order valence-electron chi connectivity index (χ4n) is 1.88. The average Bonchev–Trinajstić information content (AvgIpc) is 2.52. The molecular weight excluding hydrogens is 256 g/mol. The minimum absolute atomic E-state index is 0.000578. The maximum atomic E-state index is 11.4. The fraction of sp³-hybridized carbons (Fsp3) is 0.364. The van der Waals surface area contributed by atoms with Crippen LogP contribution in [0.1, 0.15) is 17.2 Å². The van der Waals surface area contributed by atoms with Gasteiger partial charge in [0.15, 0.2) is 0 Å². The van der Waals surface area contributed by atoms with Crippen molar-refractivity contribution in [1.29, 1.82) is 0 Å². The Morgan fingerprint density at radius 3 is 2.87 bits per heavy atom. The first-order valence-electron chi connectivity index (χ1n) is 4.86. The molecule has 1 aliphatic rings. The predicted molar refractivity (Wildman–Crippen MR) is 62.8 cm³/mol. The molecule has 1 N–H and O–H groups in total. The summed E-state index contributed by atoms with van der Waals surface area (Å²) in [5.41, 5.74) is 2.41. The molecule has 0 saturated carbocycles. The topological polar surface area (TPSA) is 32.3 Å². The van der Waals surface area contributed by atoms with Gasteiger partial charge in [-0.2, -0.15) is 0 Å². The van der Waals surface area contributed by atoms with Crippen molar-refractivity contribution < 1.29 is 4.79 Å². The molecule has 0 spiro atoms. The second-order valence-electron chi connectivity index (χ2n) is 3.81. The van der Waals surface area contributed by atoms with E-state index in [0.29, 0.717) is 6.54 Å². The molecule has 1 unspecified atom stereocenters. The molecule has 0 aromatic heterocycles. The molecule has 1 aliphatic heterocycles. The van der Waals surface area contributed by atoms with E-state index in [2.05, 4.69) is 40.3 Å². The molecule has 80 valence electrons. The number of aryl methyl sites for hydroxylation is 1. The maximum Gasteiger partial charge on any atom is 0.317 e. The largest absolute Gasteiger partial charge is 0.336 e. The van der Waals surface area contributed by atoms with E-state index in [-0.39, 0.29) is 12.1 Å². The quantitative estimate of drug-likeness (QED) is 0.834. The number of amides is 2. The zero-order valence-corrected chi connectivity index (χ0v) is 10.3. The van der Waals surface area contributed by atoms with Gasteiger partial charge in [0.25, 0.3) is 0 Å². The van der Waals surface area contributed by atoms with E-state index >= 15 is 0 Å². The number of hydrogen-bond donors (Lipinski definition) is 1. The third kappa shape index (κ3) is 1.86. The van der Waals surface area contributed by atoms with Gasteiger partial charge in [-0.25, -0.2) is 4.79 Å². The highest BCUT2D eigenvalue weighted by atomic mass is 79.9. The van der Waals surface area contributed by atoms with Gasteiger partial charge in [-0.1, -0.05) is 22.0 Å². The molecule has 1 saturated heterocycles. The SMILES string of the molecule is Cc1ccc(Br)cc1C1CNC(=O)N1C. The Hall–Kier alpha value is -1.03. The number of rotatable bonds is 1.